The van der Waals surface area contributed by atoms with Crippen molar-refractivity contribution in [2.45, 2.75) is 19.9 Å². The van der Waals surface area contributed by atoms with Crippen molar-refractivity contribution in [3.05, 3.63) is 28.9 Å². The summed E-state index contributed by atoms with van der Waals surface area (Å²) < 4.78 is 0. The molecule has 0 aromatic carbocycles. The number of hydrogen-bond acceptors (Lipinski definition) is 7. The Bertz CT molecular complexity index is 798. The molecule has 0 radical (unpaired) electrons. The van der Waals surface area contributed by atoms with Crippen LogP contribution in [0.3, 0.4) is 0 Å². The lowest BCUT2D eigenvalue weighted by Crippen LogP contribution is -2.10. The topological polar surface area (TPSA) is 117 Å². The van der Waals surface area contributed by atoms with Crippen LogP contribution in [0.1, 0.15) is 34.0 Å². The number of aromatic amines is 1. The average molecular weight is 304 g/mol. The van der Waals surface area contributed by atoms with Gasteiger partial charge >= 0.3 is 5.97 Å². The molecule has 0 aliphatic carbocycles. The van der Waals surface area contributed by atoms with E-state index in [1.54, 1.807) is 6.92 Å². The van der Waals surface area contributed by atoms with Gasteiger partial charge in [-0.25, -0.2) is 19.7 Å². The second-order valence-electron chi connectivity index (χ2n) is 4.50. The van der Waals surface area contributed by atoms with Crippen LogP contribution in [0.4, 0.5) is 5.82 Å². The third-order valence-electron chi connectivity index (χ3n) is 3.12. The third kappa shape index (κ3) is 2.31. The highest BCUT2D eigenvalue weighted by Gasteiger charge is 2.20. The van der Waals surface area contributed by atoms with E-state index in [1.807, 2.05) is 6.92 Å². The summed E-state index contributed by atoms with van der Waals surface area (Å²) in [6, 6.07) is -0.141. The van der Waals surface area contributed by atoms with Gasteiger partial charge in [0.25, 0.3) is 0 Å². The van der Waals surface area contributed by atoms with Crippen molar-refractivity contribution in [2.24, 2.45) is 0 Å². The van der Waals surface area contributed by atoms with E-state index in [0.717, 1.165) is 16.7 Å². The van der Waals surface area contributed by atoms with Crippen LogP contribution in [0.15, 0.2) is 12.7 Å². The predicted molar refractivity (Wildman–Crippen MR) is 77.5 cm³/mol. The smallest absolute Gasteiger partial charge is 0.346 e. The normalized spacial score (nSPS) is 12.5. The first kappa shape index (κ1) is 13.4. The lowest BCUT2D eigenvalue weighted by molar-refractivity contribution is 0.0701. The number of aromatic carboxylic acids is 1. The van der Waals surface area contributed by atoms with Gasteiger partial charge in [0.1, 0.15) is 34.0 Å². The third-order valence-corrected chi connectivity index (χ3v) is 4.31. The van der Waals surface area contributed by atoms with Crippen LogP contribution < -0.4 is 5.32 Å². The number of thiophene rings is 1. The Balaban J connectivity index is 2.04. The van der Waals surface area contributed by atoms with Crippen molar-refractivity contribution < 1.29 is 9.90 Å². The second kappa shape index (κ2) is 5.09. The summed E-state index contributed by atoms with van der Waals surface area (Å²) in [5.74, 6) is 0.308. The molecule has 1 atom stereocenters. The van der Waals surface area contributed by atoms with E-state index in [4.69, 9.17) is 0 Å². The van der Waals surface area contributed by atoms with Crippen molar-refractivity contribution in [3.8, 4) is 0 Å². The van der Waals surface area contributed by atoms with Crippen molar-refractivity contribution >= 4 is 33.3 Å². The quantitative estimate of drug-likeness (QED) is 0.674. The molecule has 0 amide bonds. The summed E-state index contributed by atoms with van der Waals surface area (Å²) in [6.45, 7) is 3.67. The van der Waals surface area contributed by atoms with Crippen LogP contribution in [-0.4, -0.2) is 36.2 Å². The van der Waals surface area contributed by atoms with Crippen LogP contribution in [0.5, 0.6) is 0 Å². The maximum Gasteiger partial charge on any atom is 0.346 e. The number of nitrogens with zero attached hydrogens (tertiary/aromatic N) is 4. The Morgan fingerprint density at radius 3 is 2.86 bits per heavy atom. The van der Waals surface area contributed by atoms with Crippen molar-refractivity contribution in [2.75, 3.05) is 5.32 Å². The zero-order valence-corrected chi connectivity index (χ0v) is 12.1. The van der Waals surface area contributed by atoms with Gasteiger partial charge in [-0.3, -0.25) is 5.10 Å². The summed E-state index contributed by atoms with van der Waals surface area (Å²) in [4.78, 5) is 24.6. The average Bonchev–Trinajstić information content (AvgIpc) is 3.07. The molecule has 108 valence electrons. The summed E-state index contributed by atoms with van der Waals surface area (Å²) in [6.07, 6.45) is 2.85. The molecule has 9 heteroatoms. The first-order valence-corrected chi connectivity index (χ1v) is 6.98. The van der Waals surface area contributed by atoms with E-state index in [2.05, 4.69) is 30.5 Å². The standard InChI is InChI=1S/C12H12N6O2S/c1-5-7-10(17-6(2)9-14-4-16-18-9)13-3-15-11(7)21-8(5)12(19)20/h3-4,6H,1-2H3,(H,19,20)(H,13,15,17)(H,14,16,18). The van der Waals surface area contributed by atoms with Gasteiger partial charge in [0.05, 0.1) is 11.4 Å². The van der Waals surface area contributed by atoms with Gasteiger partial charge in [0, 0.05) is 0 Å². The van der Waals surface area contributed by atoms with E-state index >= 15 is 0 Å². The van der Waals surface area contributed by atoms with E-state index in [9.17, 15) is 9.90 Å². The molecule has 0 spiro atoms. The van der Waals surface area contributed by atoms with Crippen LogP contribution >= 0.6 is 11.3 Å². The van der Waals surface area contributed by atoms with Gasteiger partial charge < -0.3 is 10.4 Å². The molecule has 21 heavy (non-hydrogen) atoms. The van der Waals surface area contributed by atoms with Crippen LogP contribution in [0.2, 0.25) is 0 Å². The van der Waals surface area contributed by atoms with Gasteiger partial charge in [-0.05, 0) is 19.4 Å². The number of carboxylic acid groups (broad SMARTS) is 1. The number of aromatic nitrogens is 5. The maximum atomic E-state index is 11.2. The van der Waals surface area contributed by atoms with Crippen LogP contribution in [-0.2, 0) is 0 Å². The number of carboxylic acids is 1. The number of aryl methyl sites for hydroxylation is 1. The molecule has 0 saturated heterocycles. The van der Waals surface area contributed by atoms with Gasteiger partial charge in [-0.2, -0.15) is 5.10 Å². The molecule has 8 nitrogen and oxygen atoms in total. The SMILES string of the molecule is Cc1c(C(=O)O)sc2ncnc(NC(C)c3ncn[nH]3)c12. The predicted octanol–water partition coefficient (Wildman–Crippen LogP) is 1.99. The van der Waals surface area contributed by atoms with E-state index in [-0.39, 0.29) is 10.9 Å². The monoisotopic (exact) mass is 304 g/mol. The molecule has 0 aliphatic heterocycles. The number of anilines is 1. The molecule has 1 unspecified atom stereocenters. The molecule has 0 aliphatic rings. The van der Waals surface area contributed by atoms with Crippen molar-refractivity contribution in [3.63, 3.8) is 0 Å². The van der Waals surface area contributed by atoms with E-state index < -0.39 is 5.97 Å². The van der Waals surface area contributed by atoms with Crippen LogP contribution in [0, 0.1) is 6.92 Å². The summed E-state index contributed by atoms with van der Waals surface area (Å²) in [5, 5.41) is 19.7. The summed E-state index contributed by atoms with van der Waals surface area (Å²) in [7, 11) is 0. The largest absolute Gasteiger partial charge is 0.477 e. The highest BCUT2D eigenvalue weighted by atomic mass is 32.1. The molecule has 3 heterocycles. The van der Waals surface area contributed by atoms with E-state index in [1.165, 1.54) is 12.7 Å². The number of nitrogens with one attached hydrogen (secondary N) is 2. The van der Waals surface area contributed by atoms with Crippen LogP contribution in [0.25, 0.3) is 10.2 Å². The molecule has 0 saturated carbocycles. The Hall–Kier alpha value is -2.55. The molecule has 3 aromatic heterocycles. The minimum absolute atomic E-state index is 0.141. The van der Waals surface area contributed by atoms with Gasteiger partial charge in [0.2, 0.25) is 0 Å². The zero-order chi connectivity index (χ0) is 15.0. The second-order valence-corrected chi connectivity index (χ2v) is 5.50. The summed E-state index contributed by atoms with van der Waals surface area (Å²) in [5.41, 5.74) is 0.662. The number of hydrogen-bond donors (Lipinski definition) is 3. The number of H-pyrrole nitrogens is 1. The summed E-state index contributed by atoms with van der Waals surface area (Å²) >= 11 is 1.14. The Morgan fingerprint density at radius 2 is 2.19 bits per heavy atom. The van der Waals surface area contributed by atoms with Gasteiger partial charge in [-0.15, -0.1) is 11.3 Å². The molecule has 0 bridgehead atoms. The lowest BCUT2D eigenvalue weighted by Gasteiger charge is -2.12. The lowest BCUT2D eigenvalue weighted by atomic mass is 10.2. The first-order chi connectivity index (χ1) is 10.1. The number of carbonyl (C=O) groups is 1. The highest BCUT2D eigenvalue weighted by Crippen LogP contribution is 2.34. The van der Waals surface area contributed by atoms with Gasteiger partial charge in [-0.1, -0.05) is 0 Å². The fourth-order valence-corrected chi connectivity index (χ4v) is 3.07. The number of fused-ring (bicyclic) bond motifs is 1. The maximum absolute atomic E-state index is 11.2. The fourth-order valence-electron chi connectivity index (χ4n) is 2.08. The van der Waals surface area contributed by atoms with E-state index in [0.29, 0.717) is 22.0 Å². The minimum Gasteiger partial charge on any atom is -0.477 e. The zero-order valence-electron chi connectivity index (χ0n) is 11.3. The van der Waals surface area contributed by atoms with Gasteiger partial charge in [0.15, 0.2) is 0 Å². The molecular formula is C12H12N6O2S. The minimum atomic E-state index is -0.954. The van der Waals surface area contributed by atoms with Crippen molar-refractivity contribution in [1.82, 2.24) is 25.1 Å². The highest BCUT2D eigenvalue weighted by molar-refractivity contribution is 7.20. The Labute approximate surface area is 123 Å². The Kier molecular flexibility index (Phi) is 3.26. The van der Waals surface area contributed by atoms with Crippen molar-refractivity contribution in [1.29, 1.82) is 0 Å². The first-order valence-electron chi connectivity index (χ1n) is 6.17. The number of rotatable bonds is 4. The Morgan fingerprint density at radius 1 is 1.38 bits per heavy atom. The molecule has 0 fully saturated rings. The fraction of sp³-hybridized carbons (Fsp3) is 0.250. The molecule has 3 aromatic rings. The molecular weight excluding hydrogens is 292 g/mol. The molecule has 3 N–H and O–H groups in total. The molecule has 3 rings (SSSR count).